The third-order valence-corrected chi connectivity index (χ3v) is 6.89. The van der Waals surface area contributed by atoms with Gasteiger partial charge in [0.1, 0.15) is 18.9 Å². The topological polar surface area (TPSA) is 61.9 Å². The Balaban J connectivity index is 1.76. The van der Waals surface area contributed by atoms with Crippen LogP contribution in [-0.2, 0) is 11.2 Å². The number of aryl methyl sites for hydroxylation is 1. The van der Waals surface area contributed by atoms with E-state index in [4.69, 9.17) is 16.3 Å². The number of nitrogens with one attached hydrogen (secondary N) is 1. The van der Waals surface area contributed by atoms with E-state index >= 15 is 0 Å². The van der Waals surface area contributed by atoms with Crippen molar-refractivity contribution in [3.8, 4) is 5.75 Å². The lowest BCUT2D eigenvalue weighted by Crippen LogP contribution is -2.50. The second-order valence-corrected chi connectivity index (χ2v) is 9.81. The minimum absolute atomic E-state index is 0.0179. The third kappa shape index (κ3) is 5.95. The van der Waals surface area contributed by atoms with E-state index in [2.05, 4.69) is 16.8 Å². The molecule has 0 saturated heterocycles. The van der Waals surface area contributed by atoms with Gasteiger partial charge < -0.3 is 19.9 Å². The normalized spacial score (nSPS) is 15.4. The Labute approximate surface area is 199 Å². The smallest absolute Gasteiger partial charge is 0.318 e. The molecule has 0 unspecified atom stereocenters. The second kappa shape index (κ2) is 11.1. The largest absolute Gasteiger partial charge is 0.491 e. The molecular weight excluding hydrogens is 446 g/mol. The Morgan fingerprint density at radius 1 is 1.34 bits per heavy atom. The SMILES string of the molecule is CCCN(CC(=O)N1CCc2sccc2[C@@H]1COc1ccc(Cl)c(C)c1)C(=O)NC(C)C. The maximum Gasteiger partial charge on any atom is 0.318 e. The maximum atomic E-state index is 13.4. The highest BCUT2D eigenvalue weighted by atomic mass is 35.5. The molecule has 0 fully saturated rings. The van der Waals surface area contributed by atoms with E-state index in [0.717, 1.165) is 29.7 Å². The quantitative estimate of drug-likeness (QED) is 0.579. The van der Waals surface area contributed by atoms with Crippen LogP contribution in [0.2, 0.25) is 5.02 Å². The van der Waals surface area contributed by atoms with E-state index in [9.17, 15) is 9.59 Å². The molecule has 1 aromatic carbocycles. The number of thiophene rings is 1. The lowest BCUT2D eigenvalue weighted by molar-refractivity contribution is -0.135. The molecule has 3 rings (SSSR count). The van der Waals surface area contributed by atoms with Gasteiger partial charge in [0.25, 0.3) is 0 Å². The lowest BCUT2D eigenvalue weighted by Gasteiger charge is -2.37. The second-order valence-electron chi connectivity index (χ2n) is 8.40. The molecule has 6 nitrogen and oxygen atoms in total. The zero-order chi connectivity index (χ0) is 23.3. The maximum absolute atomic E-state index is 13.4. The molecule has 0 spiro atoms. The van der Waals surface area contributed by atoms with Gasteiger partial charge in [0.2, 0.25) is 5.91 Å². The van der Waals surface area contributed by atoms with Crippen LogP contribution in [0.5, 0.6) is 5.75 Å². The number of carbonyl (C=O) groups excluding carboxylic acids is 2. The number of fused-ring (bicyclic) bond motifs is 1. The van der Waals surface area contributed by atoms with Gasteiger partial charge in [-0.15, -0.1) is 11.3 Å². The molecule has 2 heterocycles. The first-order chi connectivity index (χ1) is 15.3. The zero-order valence-corrected chi connectivity index (χ0v) is 20.8. The van der Waals surface area contributed by atoms with Gasteiger partial charge in [-0.1, -0.05) is 18.5 Å². The number of rotatable bonds is 8. The molecule has 174 valence electrons. The summed E-state index contributed by atoms with van der Waals surface area (Å²) in [6.45, 7) is 9.33. The minimum Gasteiger partial charge on any atom is -0.491 e. The first kappa shape index (κ1) is 24.4. The van der Waals surface area contributed by atoms with E-state index in [1.54, 1.807) is 16.2 Å². The lowest BCUT2D eigenvalue weighted by atomic mass is 10.0. The van der Waals surface area contributed by atoms with Crippen molar-refractivity contribution in [2.45, 2.75) is 52.6 Å². The van der Waals surface area contributed by atoms with E-state index in [1.807, 2.05) is 50.8 Å². The van der Waals surface area contributed by atoms with E-state index < -0.39 is 0 Å². The predicted octanol–water partition coefficient (Wildman–Crippen LogP) is 5.04. The van der Waals surface area contributed by atoms with Crippen LogP contribution < -0.4 is 10.1 Å². The molecule has 1 aliphatic rings. The Morgan fingerprint density at radius 2 is 2.12 bits per heavy atom. The zero-order valence-electron chi connectivity index (χ0n) is 19.2. The number of hydrogen-bond donors (Lipinski definition) is 1. The van der Waals surface area contributed by atoms with Crippen molar-refractivity contribution in [3.63, 3.8) is 0 Å². The van der Waals surface area contributed by atoms with Crippen LogP contribution in [0.4, 0.5) is 4.79 Å². The molecule has 1 atom stereocenters. The van der Waals surface area contributed by atoms with Crippen molar-refractivity contribution >= 4 is 34.9 Å². The Hall–Kier alpha value is -2.25. The van der Waals surface area contributed by atoms with Crippen molar-refractivity contribution < 1.29 is 14.3 Å². The summed E-state index contributed by atoms with van der Waals surface area (Å²) in [6, 6.07) is 7.28. The first-order valence-electron chi connectivity index (χ1n) is 11.1. The fourth-order valence-electron chi connectivity index (χ4n) is 3.87. The number of carbonyl (C=O) groups is 2. The number of benzene rings is 1. The average molecular weight is 478 g/mol. The van der Waals surface area contributed by atoms with Crippen molar-refractivity contribution in [3.05, 3.63) is 50.7 Å². The van der Waals surface area contributed by atoms with E-state index in [0.29, 0.717) is 24.7 Å². The summed E-state index contributed by atoms with van der Waals surface area (Å²) >= 11 is 7.85. The van der Waals surface area contributed by atoms with Crippen molar-refractivity contribution in [1.82, 2.24) is 15.1 Å². The van der Waals surface area contributed by atoms with Crippen LogP contribution >= 0.6 is 22.9 Å². The van der Waals surface area contributed by atoms with E-state index in [1.165, 1.54) is 4.88 Å². The molecular formula is C24H32ClN3O3S. The van der Waals surface area contributed by atoms with Crippen LogP contribution in [-0.4, -0.2) is 54.0 Å². The van der Waals surface area contributed by atoms with Crippen LogP contribution in [0, 0.1) is 6.92 Å². The molecule has 0 bridgehead atoms. The summed E-state index contributed by atoms with van der Waals surface area (Å²) < 4.78 is 6.10. The highest BCUT2D eigenvalue weighted by molar-refractivity contribution is 7.10. The van der Waals surface area contributed by atoms with Crippen LogP contribution in [0.3, 0.4) is 0 Å². The number of urea groups is 1. The molecule has 0 aliphatic carbocycles. The van der Waals surface area contributed by atoms with Gasteiger partial charge in [-0.3, -0.25) is 4.79 Å². The molecule has 0 radical (unpaired) electrons. The van der Waals surface area contributed by atoms with Gasteiger partial charge in [0, 0.05) is 29.0 Å². The summed E-state index contributed by atoms with van der Waals surface area (Å²) in [5.74, 6) is 0.667. The molecule has 3 amide bonds. The van der Waals surface area contributed by atoms with Crippen LogP contribution in [0.15, 0.2) is 29.6 Å². The standard InChI is InChI=1S/C24H32ClN3O3S/c1-5-10-27(24(30)26-16(2)3)14-23(29)28-11-8-22-19(9-12-32-22)21(28)15-31-18-6-7-20(25)17(4)13-18/h6-7,9,12-13,16,21H,5,8,10-11,14-15H2,1-4H3,(H,26,30)/t21-/m0/s1. The molecule has 1 aliphatic heterocycles. The first-order valence-corrected chi connectivity index (χ1v) is 12.4. The Kier molecular flexibility index (Phi) is 8.43. The van der Waals surface area contributed by atoms with Crippen LogP contribution in [0.1, 0.15) is 49.2 Å². The molecule has 1 aromatic heterocycles. The summed E-state index contributed by atoms with van der Waals surface area (Å²) in [6.07, 6.45) is 1.61. The van der Waals surface area contributed by atoms with Crippen molar-refractivity contribution in [1.29, 1.82) is 0 Å². The molecule has 1 N–H and O–H groups in total. The van der Waals surface area contributed by atoms with Gasteiger partial charge in [0.05, 0.1) is 6.04 Å². The minimum atomic E-state index is -0.201. The molecule has 32 heavy (non-hydrogen) atoms. The average Bonchev–Trinajstić information content (AvgIpc) is 3.22. The Morgan fingerprint density at radius 3 is 2.81 bits per heavy atom. The van der Waals surface area contributed by atoms with Crippen molar-refractivity contribution in [2.24, 2.45) is 0 Å². The number of nitrogens with zero attached hydrogens (tertiary/aromatic N) is 2. The molecule has 0 saturated carbocycles. The summed E-state index contributed by atoms with van der Waals surface area (Å²) in [5, 5.41) is 5.66. The van der Waals surface area contributed by atoms with Gasteiger partial charge in [-0.05, 0) is 74.4 Å². The van der Waals surface area contributed by atoms with Crippen molar-refractivity contribution in [2.75, 3.05) is 26.2 Å². The van der Waals surface area contributed by atoms with Gasteiger partial charge in [-0.25, -0.2) is 4.79 Å². The monoisotopic (exact) mass is 477 g/mol. The van der Waals surface area contributed by atoms with Crippen LogP contribution in [0.25, 0.3) is 0 Å². The molecule has 2 aromatic rings. The predicted molar refractivity (Wildman–Crippen MR) is 130 cm³/mol. The fourth-order valence-corrected chi connectivity index (χ4v) is 4.92. The summed E-state index contributed by atoms with van der Waals surface area (Å²) in [5.41, 5.74) is 2.08. The summed E-state index contributed by atoms with van der Waals surface area (Å²) in [7, 11) is 0. The summed E-state index contributed by atoms with van der Waals surface area (Å²) in [4.78, 5) is 30.7. The number of halogens is 1. The number of hydrogen-bond acceptors (Lipinski definition) is 4. The van der Waals surface area contributed by atoms with Gasteiger partial charge in [0.15, 0.2) is 0 Å². The molecule has 8 heteroatoms. The highest BCUT2D eigenvalue weighted by Gasteiger charge is 2.33. The highest BCUT2D eigenvalue weighted by Crippen LogP contribution is 2.34. The van der Waals surface area contributed by atoms with Gasteiger partial charge in [-0.2, -0.15) is 0 Å². The van der Waals surface area contributed by atoms with Gasteiger partial charge >= 0.3 is 6.03 Å². The number of ether oxygens (including phenoxy) is 1. The fraction of sp³-hybridized carbons (Fsp3) is 0.500. The third-order valence-electron chi connectivity index (χ3n) is 5.47. The van der Waals surface area contributed by atoms with E-state index in [-0.39, 0.29) is 30.6 Å². The number of amides is 3. The Bertz CT molecular complexity index is 946.